The summed E-state index contributed by atoms with van der Waals surface area (Å²) >= 11 is 0. The molecule has 1 saturated carbocycles. The number of hydrogen-bond donors (Lipinski definition) is 1. The highest BCUT2D eigenvalue weighted by Gasteiger charge is 2.35. The summed E-state index contributed by atoms with van der Waals surface area (Å²) in [7, 11) is 0. The Balaban J connectivity index is 1.14. The van der Waals surface area contributed by atoms with E-state index in [1.165, 1.54) is 25.7 Å². The lowest BCUT2D eigenvalue weighted by atomic mass is 10.0. The molecule has 2 saturated heterocycles. The van der Waals surface area contributed by atoms with Crippen molar-refractivity contribution in [1.82, 2.24) is 15.1 Å². The molecule has 7 nitrogen and oxygen atoms in total. The molecule has 31 heavy (non-hydrogen) atoms. The van der Waals surface area contributed by atoms with Gasteiger partial charge in [-0.15, -0.1) is 0 Å². The molecule has 3 amide bonds. The van der Waals surface area contributed by atoms with Crippen molar-refractivity contribution in [1.29, 1.82) is 0 Å². The van der Waals surface area contributed by atoms with Gasteiger partial charge in [-0.05, 0) is 30.9 Å². The number of nitrogens with zero attached hydrogens (tertiary/aromatic N) is 3. The maximum atomic E-state index is 12.6. The molecule has 1 N–H and O–H groups in total. The predicted molar refractivity (Wildman–Crippen MR) is 120 cm³/mol. The van der Waals surface area contributed by atoms with Gasteiger partial charge in [0.05, 0.1) is 5.92 Å². The van der Waals surface area contributed by atoms with E-state index in [0.717, 1.165) is 44.8 Å². The van der Waals surface area contributed by atoms with Crippen LogP contribution in [0.3, 0.4) is 0 Å². The van der Waals surface area contributed by atoms with Gasteiger partial charge in [0.2, 0.25) is 17.7 Å². The SMILES string of the molecule is O=C(NCCN1CCN(C(=O)CC2CCCC2)CC1)C1CC(=O)N(c2ccccc2)C1. The highest BCUT2D eigenvalue weighted by atomic mass is 16.2. The van der Waals surface area contributed by atoms with Crippen molar-refractivity contribution in [2.75, 3.05) is 50.7 Å². The average molecular weight is 427 g/mol. The number of carbonyl (C=O) groups is 3. The van der Waals surface area contributed by atoms with Gasteiger partial charge in [-0.25, -0.2) is 0 Å². The number of anilines is 1. The van der Waals surface area contributed by atoms with Gasteiger partial charge in [0.15, 0.2) is 0 Å². The molecule has 1 unspecified atom stereocenters. The van der Waals surface area contributed by atoms with Crippen molar-refractivity contribution in [3.05, 3.63) is 30.3 Å². The third kappa shape index (κ3) is 5.64. The number of para-hydroxylation sites is 1. The van der Waals surface area contributed by atoms with Gasteiger partial charge in [-0.2, -0.15) is 0 Å². The van der Waals surface area contributed by atoms with Gasteiger partial charge in [0.1, 0.15) is 0 Å². The lowest BCUT2D eigenvalue weighted by molar-refractivity contribution is -0.133. The quantitative estimate of drug-likeness (QED) is 0.723. The van der Waals surface area contributed by atoms with Crippen molar-refractivity contribution in [3.8, 4) is 0 Å². The molecule has 1 aromatic rings. The van der Waals surface area contributed by atoms with E-state index in [1.807, 2.05) is 35.2 Å². The Morgan fingerprint density at radius 1 is 1.00 bits per heavy atom. The monoisotopic (exact) mass is 426 g/mol. The number of benzene rings is 1. The zero-order valence-electron chi connectivity index (χ0n) is 18.3. The van der Waals surface area contributed by atoms with Crippen molar-refractivity contribution < 1.29 is 14.4 Å². The van der Waals surface area contributed by atoms with E-state index >= 15 is 0 Å². The van der Waals surface area contributed by atoms with Crippen molar-refractivity contribution in [2.24, 2.45) is 11.8 Å². The molecule has 0 bridgehead atoms. The Morgan fingerprint density at radius 3 is 2.42 bits per heavy atom. The first-order valence-electron chi connectivity index (χ1n) is 11.7. The summed E-state index contributed by atoms with van der Waals surface area (Å²) in [5.41, 5.74) is 0.850. The summed E-state index contributed by atoms with van der Waals surface area (Å²) in [6, 6.07) is 9.52. The third-order valence-electron chi connectivity index (χ3n) is 6.95. The zero-order valence-corrected chi connectivity index (χ0v) is 18.3. The second-order valence-electron chi connectivity index (χ2n) is 9.11. The van der Waals surface area contributed by atoms with E-state index in [0.29, 0.717) is 24.9 Å². The van der Waals surface area contributed by atoms with E-state index in [1.54, 1.807) is 4.90 Å². The lowest BCUT2D eigenvalue weighted by Gasteiger charge is -2.35. The van der Waals surface area contributed by atoms with Crippen LogP contribution in [0.5, 0.6) is 0 Å². The highest BCUT2D eigenvalue weighted by Crippen LogP contribution is 2.28. The topological polar surface area (TPSA) is 73.0 Å². The van der Waals surface area contributed by atoms with E-state index in [4.69, 9.17) is 0 Å². The Hall–Kier alpha value is -2.41. The predicted octanol–water partition coefficient (Wildman–Crippen LogP) is 1.88. The lowest BCUT2D eigenvalue weighted by Crippen LogP contribution is -2.50. The fourth-order valence-electron chi connectivity index (χ4n) is 5.03. The number of carbonyl (C=O) groups excluding carboxylic acids is 3. The summed E-state index contributed by atoms with van der Waals surface area (Å²) in [5, 5.41) is 3.01. The number of hydrogen-bond acceptors (Lipinski definition) is 4. The van der Waals surface area contributed by atoms with Crippen molar-refractivity contribution >= 4 is 23.4 Å². The molecule has 2 aliphatic heterocycles. The third-order valence-corrected chi connectivity index (χ3v) is 6.95. The molecule has 2 heterocycles. The van der Waals surface area contributed by atoms with Crippen molar-refractivity contribution in [2.45, 2.75) is 38.5 Å². The summed E-state index contributed by atoms with van der Waals surface area (Å²) in [4.78, 5) is 43.4. The molecule has 1 atom stereocenters. The maximum absolute atomic E-state index is 12.6. The molecule has 1 aromatic carbocycles. The second kappa shape index (κ2) is 10.3. The van der Waals surface area contributed by atoms with E-state index in [2.05, 4.69) is 10.2 Å². The van der Waals surface area contributed by atoms with Crippen LogP contribution in [0, 0.1) is 11.8 Å². The second-order valence-corrected chi connectivity index (χ2v) is 9.11. The van der Waals surface area contributed by atoms with Gasteiger partial charge in [0, 0.05) is 64.3 Å². The van der Waals surface area contributed by atoms with Crippen LogP contribution >= 0.6 is 0 Å². The van der Waals surface area contributed by atoms with Crippen LogP contribution in [-0.4, -0.2) is 73.3 Å². The minimum Gasteiger partial charge on any atom is -0.355 e. The normalized spacial score (nSPS) is 22.8. The highest BCUT2D eigenvalue weighted by molar-refractivity contribution is 6.00. The van der Waals surface area contributed by atoms with Gasteiger partial charge < -0.3 is 15.1 Å². The van der Waals surface area contributed by atoms with Crippen LogP contribution in [0.4, 0.5) is 5.69 Å². The fraction of sp³-hybridized carbons (Fsp3) is 0.625. The summed E-state index contributed by atoms with van der Waals surface area (Å²) < 4.78 is 0. The molecule has 1 aliphatic carbocycles. The molecule has 0 aromatic heterocycles. The Kier molecular flexibility index (Phi) is 7.22. The summed E-state index contributed by atoms with van der Waals surface area (Å²) in [6.07, 6.45) is 5.95. The molecule has 7 heteroatoms. The Bertz CT molecular complexity index is 770. The zero-order chi connectivity index (χ0) is 21.6. The Labute approximate surface area is 184 Å². The fourth-order valence-corrected chi connectivity index (χ4v) is 5.03. The van der Waals surface area contributed by atoms with Crippen LogP contribution in [0.15, 0.2) is 30.3 Å². The van der Waals surface area contributed by atoms with Gasteiger partial charge in [-0.3, -0.25) is 19.3 Å². The Morgan fingerprint density at radius 2 is 1.71 bits per heavy atom. The first-order chi connectivity index (χ1) is 15.1. The number of nitrogens with one attached hydrogen (secondary N) is 1. The number of piperazine rings is 1. The van der Waals surface area contributed by atoms with Gasteiger partial charge >= 0.3 is 0 Å². The minimum atomic E-state index is -0.294. The summed E-state index contributed by atoms with van der Waals surface area (Å²) in [5.74, 6) is 0.578. The van der Waals surface area contributed by atoms with E-state index in [9.17, 15) is 14.4 Å². The smallest absolute Gasteiger partial charge is 0.227 e. The first kappa shape index (κ1) is 21.8. The van der Waals surface area contributed by atoms with E-state index in [-0.39, 0.29) is 24.2 Å². The van der Waals surface area contributed by atoms with Gasteiger partial charge in [0.25, 0.3) is 0 Å². The molecule has 3 fully saturated rings. The number of rotatable bonds is 7. The summed E-state index contributed by atoms with van der Waals surface area (Å²) in [6.45, 7) is 5.07. The van der Waals surface area contributed by atoms with Crippen LogP contribution < -0.4 is 10.2 Å². The maximum Gasteiger partial charge on any atom is 0.227 e. The molecular weight excluding hydrogens is 392 g/mol. The van der Waals surface area contributed by atoms with Crippen LogP contribution in [0.1, 0.15) is 38.5 Å². The first-order valence-corrected chi connectivity index (χ1v) is 11.7. The van der Waals surface area contributed by atoms with Crippen LogP contribution in [-0.2, 0) is 14.4 Å². The molecular formula is C24H34N4O3. The molecule has 0 spiro atoms. The van der Waals surface area contributed by atoms with Crippen molar-refractivity contribution in [3.63, 3.8) is 0 Å². The van der Waals surface area contributed by atoms with E-state index < -0.39 is 0 Å². The van der Waals surface area contributed by atoms with Gasteiger partial charge in [-0.1, -0.05) is 31.0 Å². The van der Waals surface area contributed by atoms with Crippen LogP contribution in [0.2, 0.25) is 0 Å². The molecule has 0 radical (unpaired) electrons. The minimum absolute atomic E-state index is 0.00439. The largest absolute Gasteiger partial charge is 0.355 e. The number of amides is 3. The van der Waals surface area contributed by atoms with Crippen LogP contribution in [0.25, 0.3) is 0 Å². The molecule has 168 valence electrons. The molecule has 3 aliphatic rings. The molecule has 4 rings (SSSR count). The average Bonchev–Trinajstić information content (AvgIpc) is 3.44. The standard InChI is InChI=1S/C24H34N4O3/c29-22(16-19-6-4-5-7-19)27-14-12-26(13-15-27)11-10-25-24(31)20-17-23(30)28(18-20)21-8-2-1-3-9-21/h1-3,8-9,19-20H,4-7,10-18H2,(H,25,31).